The second kappa shape index (κ2) is 5.19. The highest BCUT2D eigenvalue weighted by Gasteiger charge is 2.45. The van der Waals surface area contributed by atoms with Crippen molar-refractivity contribution in [2.75, 3.05) is 6.54 Å². The fourth-order valence-electron chi connectivity index (χ4n) is 2.07. The third kappa shape index (κ3) is 3.07. The molecule has 17 heavy (non-hydrogen) atoms. The number of hydrogen-bond acceptors (Lipinski definition) is 3. The molecule has 2 N–H and O–H groups in total. The van der Waals surface area contributed by atoms with Crippen LogP contribution in [0.4, 0.5) is 0 Å². The Morgan fingerprint density at radius 3 is 3.06 bits per heavy atom. The molecule has 2 rings (SSSR count). The van der Waals surface area contributed by atoms with E-state index in [0.717, 1.165) is 6.42 Å². The van der Waals surface area contributed by atoms with Crippen LogP contribution in [0.1, 0.15) is 36.1 Å². The minimum atomic E-state index is -0.343. The Morgan fingerprint density at radius 1 is 1.71 bits per heavy atom. The van der Waals surface area contributed by atoms with Crippen LogP contribution in [0.5, 0.6) is 0 Å². The van der Waals surface area contributed by atoms with Gasteiger partial charge in [-0.25, -0.2) is 0 Å². The maximum absolute atomic E-state index is 11.8. The highest BCUT2D eigenvalue weighted by atomic mass is 32.1. The van der Waals surface area contributed by atoms with E-state index in [1.54, 1.807) is 18.3 Å². The average Bonchev–Trinajstić information content (AvgIpc) is 2.94. The summed E-state index contributed by atoms with van der Waals surface area (Å²) in [6.45, 7) is 4.41. The first kappa shape index (κ1) is 12.6. The largest absolute Gasteiger partial charge is 0.393 e. The van der Waals surface area contributed by atoms with Gasteiger partial charge in [0, 0.05) is 23.3 Å². The molecular weight excluding hydrogens is 234 g/mol. The van der Waals surface area contributed by atoms with Gasteiger partial charge >= 0.3 is 0 Å². The van der Waals surface area contributed by atoms with Crippen molar-refractivity contribution in [2.24, 2.45) is 5.92 Å². The molecule has 0 aromatic carbocycles. The van der Waals surface area contributed by atoms with Gasteiger partial charge < -0.3 is 10.4 Å². The van der Waals surface area contributed by atoms with Crippen LogP contribution >= 0.6 is 11.3 Å². The molecule has 0 spiro atoms. The number of aliphatic hydroxyl groups excluding tert-OH is 1. The zero-order valence-corrected chi connectivity index (χ0v) is 11.1. The Kier molecular flexibility index (Phi) is 3.84. The number of carbonyl (C=O) groups excluding carboxylic acids is 1. The molecule has 1 aromatic heterocycles. The Morgan fingerprint density at radius 2 is 2.47 bits per heavy atom. The van der Waals surface area contributed by atoms with E-state index in [0.29, 0.717) is 18.9 Å². The molecule has 0 radical (unpaired) electrons. The first-order valence-corrected chi connectivity index (χ1v) is 6.97. The summed E-state index contributed by atoms with van der Waals surface area (Å²) in [4.78, 5) is 13.2. The summed E-state index contributed by atoms with van der Waals surface area (Å²) < 4.78 is 0. The van der Waals surface area contributed by atoms with E-state index in [-0.39, 0.29) is 17.9 Å². The van der Waals surface area contributed by atoms with Gasteiger partial charge in [0.05, 0.1) is 6.10 Å². The van der Waals surface area contributed by atoms with Crippen molar-refractivity contribution < 1.29 is 9.90 Å². The highest BCUT2D eigenvalue weighted by Crippen LogP contribution is 2.50. The predicted molar refractivity (Wildman–Crippen MR) is 69.2 cm³/mol. The van der Waals surface area contributed by atoms with Crippen LogP contribution < -0.4 is 5.32 Å². The third-order valence-corrected chi connectivity index (χ3v) is 4.38. The summed E-state index contributed by atoms with van der Waals surface area (Å²) in [5.74, 6) is 0.728. The van der Waals surface area contributed by atoms with Crippen molar-refractivity contribution >= 4 is 17.2 Å². The molecule has 3 nitrogen and oxygen atoms in total. The molecule has 0 bridgehead atoms. The molecule has 1 aromatic rings. The second-order valence-electron chi connectivity index (χ2n) is 4.85. The number of hydrogen-bond donors (Lipinski definition) is 2. The van der Waals surface area contributed by atoms with E-state index in [2.05, 4.69) is 23.7 Å². The van der Waals surface area contributed by atoms with E-state index in [1.165, 1.54) is 10.4 Å². The summed E-state index contributed by atoms with van der Waals surface area (Å²) in [6, 6.07) is 2.11. The van der Waals surface area contributed by atoms with Crippen LogP contribution in [-0.2, 0) is 4.79 Å². The molecule has 1 aliphatic rings. The van der Waals surface area contributed by atoms with Crippen molar-refractivity contribution in [3.05, 3.63) is 21.9 Å². The second-order valence-corrected chi connectivity index (χ2v) is 5.79. The van der Waals surface area contributed by atoms with Gasteiger partial charge in [-0.1, -0.05) is 0 Å². The molecule has 3 unspecified atom stereocenters. The van der Waals surface area contributed by atoms with E-state index >= 15 is 0 Å². The molecule has 1 saturated carbocycles. The van der Waals surface area contributed by atoms with Crippen LogP contribution in [0.25, 0.3) is 0 Å². The average molecular weight is 253 g/mol. The van der Waals surface area contributed by atoms with Crippen molar-refractivity contribution in [1.29, 1.82) is 0 Å². The smallest absolute Gasteiger partial charge is 0.223 e. The number of rotatable bonds is 5. The predicted octanol–water partition coefficient (Wildman–Crippen LogP) is 2.05. The lowest BCUT2D eigenvalue weighted by Crippen LogP contribution is -2.28. The first-order valence-electron chi connectivity index (χ1n) is 6.09. The Bertz CT molecular complexity index is 400. The molecule has 94 valence electrons. The van der Waals surface area contributed by atoms with Crippen LogP contribution in [0.3, 0.4) is 0 Å². The molecule has 3 atom stereocenters. The summed E-state index contributed by atoms with van der Waals surface area (Å²) >= 11 is 1.75. The van der Waals surface area contributed by atoms with Crippen molar-refractivity contribution in [1.82, 2.24) is 5.32 Å². The molecule has 1 heterocycles. The maximum atomic E-state index is 11.8. The molecule has 0 aliphatic heterocycles. The van der Waals surface area contributed by atoms with Gasteiger partial charge in [-0.15, -0.1) is 11.3 Å². The summed E-state index contributed by atoms with van der Waals surface area (Å²) in [6.07, 6.45) is 1.26. The fourth-order valence-corrected chi connectivity index (χ4v) is 3.18. The lowest BCUT2D eigenvalue weighted by molar-refractivity contribution is -0.122. The number of nitrogens with one attached hydrogen (secondary N) is 1. The molecule has 1 aliphatic carbocycles. The normalized spacial score (nSPS) is 24.4. The third-order valence-electron chi connectivity index (χ3n) is 3.23. The van der Waals surface area contributed by atoms with E-state index in [4.69, 9.17) is 5.11 Å². The number of thiophene rings is 1. The van der Waals surface area contributed by atoms with Crippen LogP contribution in [0.2, 0.25) is 0 Å². The van der Waals surface area contributed by atoms with Gasteiger partial charge in [0.1, 0.15) is 0 Å². The number of aryl methyl sites for hydroxylation is 1. The lowest BCUT2D eigenvalue weighted by atomic mass is 10.2. The minimum absolute atomic E-state index is 0.142. The minimum Gasteiger partial charge on any atom is -0.393 e. The summed E-state index contributed by atoms with van der Waals surface area (Å²) in [5, 5.41) is 14.1. The maximum Gasteiger partial charge on any atom is 0.223 e. The van der Waals surface area contributed by atoms with Gasteiger partial charge in [0.25, 0.3) is 0 Å². The van der Waals surface area contributed by atoms with Gasteiger partial charge in [0.2, 0.25) is 5.91 Å². The highest BCUT2D eigenvalue weighted by molar-refractivity contribution is 7.10. The Balaban J connectivity index is 1.79. The standard InChI is InChI=1S/C13H19NO2S/c1-8-4-6-17-12(8)10-7-11(10)13(16)14-5-3-9(2)15/h4,6,9-11,15H,3,5,7H2,1-2H3,(H,14,16). The van der Waals surface area contributed by atoms with Gasteiger partial charge in [0.15, 0.2) is 0 Å². The molecule has 4 heteroatoms. The van der Waals surface area contributed by atoms with Crippen LogP contribution in [0, 0.1) is 12.8 Å². The van der Waals surface area contributed by atoms with Gasteiger partial charge in [-0.3, -0.25) is 4.79 Å². The van der Waals surface area contributed by atoms with Crippen molar-refractivity contribution in [3.8, 4) is 0 Å². The first-order chi connectivity index (χ1) is 8.09. The molecule has 0 saturated heterocycles. The number of carbonyl (C=O) groups is 1. The van der Waals surface area contributed by atoms with Crippen LogP contribution in [0.15, 0.2) is 11.4 Å². The molecule has 1 amide bonds. The van der Waals surface area contributed by atoms with Crippen LogP contribution in [-0.4, -0.2) is 23.7 Å². The van der Waals surface area contributed by atoms with Gasteiger partial charge in [-0.2, -0.15) is 0 Å². The topological polar surface area (TPSA) is 49.3 Å². The van der Waals surface area contributed by atoms with Crippen molar-refractivity contribution in [2.45, 2.75) is 38.7 Å². The number of amides is 1. The van der Waals surface area contributed by atoms with E-state index in [9.17, 15) is 4.79 Å². The summed E-state index contributed by atoms with van der Waals surface area (Å²) in [7, 11) is 0. The Hall–Kier alpha value is -0.870. The Labute approximate surface area is 106 Å². The summed E-state index contributed by atoms with van der Waals surface area (Å²) in [5.41, 5.74) is 1.30. The monoisotopic (exact) mass is 253 g/mol. The van der Waals surface area contributed by atoms with Gasteiger partial charge in [-0.05, 0) is 43.7 Å². The lowest BCUT2D eigenvalue weighted by Gasteiger charge is -2.06. The quantitative estimate of drug-likeness (QED) is 0.843. The molecular formula is C13H19NO2S. The van der Waals surface area contributed by atoms with E-state index < -0.39 is 0 Å². The zero-order chi connectivity index (χ0) is 12.4. The molecule has 1 fully saturated rings. The zero-order valence-electron chi connectivity index (χ0n) is 10.3. The van der Waals surface area contributed by atoms with Crippen molar-refractivity contribution in [3.63, 3.8) is 0 Å². The number of aliphatic hydroxyl groups is 1. The fraction of sp³-hybridized carbons (Fsp3) is 0.615. The van der Waals surface area contributed by atoms with E-state index in [1.807, 2.05) is 0 Å². The SMILES string of the molecule is Cc1ccsc1C1CC1C(=O)NCCC(C)O.